The number of amides is 2. The van der Waals surface area contributed by atoms with Crippen LogP contribution in [0.2, 0.25) is 0 Å². The maximum Gasteiger partial charge on any atom is 0.737 e. The molecule has 0 aliphatic carbocycles. The molecule has 2 aliphatic rings. The van der Waals surface area contributed by atoms with Crippen LogP contribution >= 0.6 is 0 Å². The number of allylic oxidation sites excluding steroid dienone is 2. The number of rotatable bonds is 9. The van der Waals surface area contributed by atoms with Crippen molar-refractivity contribution in [1.29, 1.82) is 0 Å². The molecule has 2 amide bonds. The summed E-state index contributed by atoms with van der Waals surface area (Å²) in [6.45, 7) is -0.256. The standard InChI is InChI=1S/C28H26BF2N11O2/c1-17-14-18(2)41-23(17)15-21-6-5-20(42(21)29(41,30)31)7-9-24(43)32-12-13-35-28(44)19-4-8-22(36-16-19)25-37-39-27(40-38-25)26-33-10-3-11-34-26/h3-6,8,10-11,14-16H,7,9,12-13H2,1-2H3,(H,32,43)(H,35,44). The molecule has 0 atom stereocenters. The quantitative estimate of drug-likeness (QED) is 0.218. The molecule has 4 aromatic heterocycles. The van der Waals surface area contributed by atoms with E-state index in [1.807, 2.05) is 6.92 Å². The third-order valence-corrected chi connectivity index (χ3v) is 7.25. The Labute approximate surface area is 250 Å². The molecule has 0 saturated carbocycles. The zero-order chi connectivity index (χ0) is 30.8. The smallest absolute Gasteiger partial charge is 0.394 e. The molecule has 0 fully saturated rings. The average molecular weight is 597 g/mol. The molecule has 4 aromatic rings. The van der Waals surface area contributed by atoms with Crippen molar-refractivity contribution in [3.63, 3.8) is 0 Å². The van der Waals surface area contributed by atoms with Gasteiger partial charge in [0.1, 0.15) is 11.4 Å². The van der Waals surface area contributed by atoms with Crippen molar-refractivity contribution in [2.45, 2.75) is 26.7 Å². The van der Waals surface area contributed by atoms with Gasteiger partial charge in [0.25, 0.3) is 5.91 Å². The molecule has 0 aromatic carbocycles. The second-order valence-electron chi connectivity index (χ2n) is 10.2. The molecular formula is C28H26BF2N11O2. The minimum atomic E-state index is -4.07. The number of halogens is 2. The third kappa shape index (κ3) is 5.48. The second kappa shape index (κ2) is 11.6. The Morgan fingerprint density at radius 3 is 2.39 bits per heavy atom. The van der Waals surface area contributed by atoms with Gasteiger partial charge in [0.2, 0.25) is 23.4 Å². The van der Waals surface area contributed by atoms with Gasteiger partial charge in [-0.2, -0.15) is 0 Å². The van der Waals surface area contributed by atoms with Crippen molar-refractivity contribution < 1.29 is 22.7 Å². The van der Waals surface area contributed by atoms with Crippen LogP contribution in [0.3, 0.4) is 0 Å². The predicted molar refractivity (Wildman–Crippen MR) is 156 cm³/mol. The number of carbonyl (C=O) groups excluding carboxylic acids is 2. The highest BCUT2D eigenvalue weighted by atomic mass is 19.2. The van der Waals surface area contributed by atoms with Crippen LogP contribution in [0, 0.1) is 13.8 Å². The summed E-state index contributed by atoms with van der Waals surface area (Å²) >= 11 is 0. The van der Waals surface area contributed by atoms with Crippen molar-refractivity contribution in [2.75, 3.05) is 13.1 Å². The van der Waals surface area contributed by atoms with Gasteiger partial charge >= 0.3 is 6.97 Å². The fourth-order valence-electron chi connectivity index (χ4n) is 5.20. The Kier molecular flexibility index (Phi) is 7.55. The van der Waals surface area contributed by atoms with E-state index in [0.717, 1.165) is 14.5 Å². The van der Waals surface area contributed by atoms with Crippen molar-refractivity contribution in [2.24, 2.45) is 0 Å². The molecule has 6 rings (SSSR count). The number of nitrogens with one attached hydrogen (secondary N) is 2. The molecule has 13 nitrogen and oxygen atoms in total. The monoisotopic (exact) mass is 597 g/mol. The topological polar surface area (TPSA) is 156 Å². The number of hydrogen-bond donors (Lipinski definition) is 2. The van der Waals surface area contributed by atoms with Gasteiger partial charge in [0.15, 0.2) is 5.70 Å². The summed E-state index contributed by atoms with van der Waals surface area (Å²) in [5, 5.41) is 21.4. The molecule has 16 heteroatoms. The molecule has 0 radical (unpaired) electrons. The van der Waals surface area contributed by atoms with E-state index in [1.165, 1.54) is 6.20 Å². The van der Waals surface area contributed by atoms with Crippen LogP contribution in [0.15, 0.2) is 60.7 Å². The summed E-state index contributed by atoms with van der Waals surface area (Å²) in [6.07, 6.45) is 9.69. The molecule has 0 saturated heterocycles. The third-order valence-electron chi connectivity index (χ3n) is 7.25. The first-order valence-corrected chi connectivity index (χ1v) is 13.8. The average Bonchev–Trinajstić information content (AvgIpc) is 3.59. The fraction of sp³-hybridized carbons (Fsp3) is 0.214. The van der Waals surface area contributed by atoms with Gasteiger partial charge in [-0.25, -0.2) is 9.97 Å². The summed E-state index contributed by atoms with van der Waals surface area (Å²) in [6, 6.07) is 6.54. The molecule has 0 bridgehead atoms. The van der Waals surface area contributed by atoms with Crippen LogP contribution in [-0.2, 0) is 4.79 Å². The van der Waals surface area contributed by atoms with Crippen LogP contribution in [-0.4, -0.2) is 81.9 Å². The lowest BCUT2D eigenvalue weighted by molar-refractivity contribution is -0.362. The first kappa shape index (κ1) is 28.6. The van der Waals surface area contributed by atoms with Gasteiger partial charge in [-0.05, 0) is 49.4 Å². The Hall–Kier alpha value is -5.54. The van der Waals surface area contributed by atoms with Crippen molar-refractivity contribution in [1.82, 2.24) is 50.5 Å². The lowest BCUT2D eigenvalue weighted by atomic mass is 9.90. The van der Waals surface area contributed by atoms with E-state index in [1.54, 1.807) is 61.8 Å². The number of pyridine rings is 1. The molecule has 2 aliphatic heterocycles. The number of fused-ring (bicyclic) bond motifs is 2. The Morgan fingerprint density at radius 2 is 1.66 bits per heavy atom. The van der Waals surface area contributed by atoms with Gasteiger partial charge in [0, 0.05) is 68.4 Å². The Morgan fingerprint density at radius 1 is 0.932 bits per heavy atom. The van der Waals surface area contributed by atoms with Crippen LogP contribution in [0.5, 0.6) is 0 Å². The summed E-state index contributed by atoms with van der Waals surface area (Å²) in [4.78, 5) is 37.3. The molecule has 0 unspecified atom stereocenters. The van der Waals surface area contributed by atoms with E-state index >= 15 is 8.63 Å². The van der Waals surface area contributed by atoms with Crippen LogP contribution in [0.4, 0.5) is 8.63 Å². The number of hydrogen-bond acceptors (Lipinski definition) is 9. The zero-order valence-electron chi connectivity index (χ0n) is 23.8. The SMILES string of the molecule is Cc1cc(C)n2c1C=C1C=CC(CCC(=O)NCCNC(=O)c3ccc(-c4nnc(-c5ncccn5)nn4)nc3)=[N+]1[B-]2(F)F. The summed E-state index contributed by atoms with van der Waals surface area (Å²) in [7, 11) is 0. The molecule has 6 heterocycles. The number of aromatic nitrogens is 8. The molecular weight excluding hydrogens is 571 g/mol. The van der Waals surface area contributed by atoms with Gasteiger partial charge in [0.05, 0.1) is 5.56 Å². The number of nitrogens with zero attached hydrogens (tertiary/aromatic N) is 9. The highest BCUT2D eigenvalue weighted by molar-refractivity contribution is 6.58. The van der Waals surface area contributed by atoms with E-state index in [4.69, 9.17) is 0 Å². The van der Waals surface area contributed by atoms with Crippen LogP contribution < -0.4 is 10.6 Å². The van der Waals surface area contributed by atoms with Gasteiger partial charge < -0.3 is 28.2 Å². The van der Waals surface area contributed by atoms with Crippen molar-refractivity contribution in [3.05, 3.63) is 83.2 Å². The Balaban J connectivity index is 0.973. The maximum absolute atomic E-state index is 15.5. The van der Waals surface area contributed by atoms with E-state index < -0.39 is 6.97 Å². The number of aryl methyl sites for hydroxylation is 2. The van der Waals surface area contributed by atoms with E-state index in [2.05, 4.69) is 46.0 Å². The maximum atomic E-state index is 15.5. The first-order valence-electron chi connectivity index (χ1n) is 13.8. The first-order chi connectivity index (χ1) is 21.2. The van der Waals surface area contributed by atoms with Gasteiger partial charge in [-0.1, -0.05) is 0 Å². The molecule has 2 N–H and O–H groups in total. The van der Waals surface area contributed by atoms with Gasteiger partial charge in [-0.3, -0.25) is 14.6 Å². The normalized spacial score (nSPS) is 14.6. The van der Waals surface area contributed by atoms with Crippen LogP contribution in [0.25, 0.3) is 29.2 Å². The van der Waals surface area contributed by atoms with E-state index in [0.29, 0.717) is 39.9 Å². The summed E-state index contributed by atoms with van der Waals surface area (Å²) < 4.78 is 33.2. The Bertz CT molecular complexity index is 1840. The largest absolute Gasteiger partial charge is 0.737 e. The number of carbonyl (C=O) groups is 2. The fourth-order valence-corrected chi connectivity index (χ4v) is 5.20. The minimum absolute atomic E-state index is 0.0244. The minimum Gasteiger partial charge on any atom is -0.394 e. The molecule has 0 spiro atoms. The molecule has 44 heavy (non-hydrogen) atoms. The highest BCUT2D eigenvalue weighted by Crippen LogP contribution is 2.34. The van der Waals surface area contributed by atoms with Crippen molar-refractivity contribution >= 4 is 30.6 Å². The van der Waals surface area contributed by atoms with Crippen molar-refractivity contribution in [3.8, 4) is 23.2 Å². The van der Waals surface area contributed by atoms with Crippen LogP contribution in [0.1, 0.15) is 40.2 Å². The van der Waals surface area contributed by atoms with Gasteiger partial charge in [-0.15, -0.1) is 20.4 Å². The van der Waals surface area contributed by atoms with E-state index in [9.17, 15) is 9.59 Å². The second-order valence-corrected chi connectivity index (χ2v) is 10.2. The highest BCUT2D eigenvalue weighted by Gasteiger charge is 2.52. The lowest BCUT2D eigenvalue weighted by Gasteiger charge is -2.30. The van der Waals surface area contributed by atoms with E-state index in [-0.39, 0.29) is 49.4 Å². The lowest BCUT2D eigenvalue weighted by Crippen LogP contribution is -2.50. The predicted octanol–water partition coefficient (Wildman–Crippen LogP) is 2.13. The summed E-state index contributed by atoms with van der Waals surface area (Å²) in [5.74, 6) is -0.0641. The summed E-state index contributed by atoms with van der Waals surface area (Å²) in [5.41, 5.74) is 3.26. The molecule has 222 valence electrons. The zero-order valence-corrected chi connectivity index (χ0v) is 23.8.